The molecule has 1 amide bonds. The van der Waals surface area contributed by atoms with Crippen LogP contribution in [0.4, 0.5) is 0 Å². The Morgan fingerprint density at radius 3 is 3.00 bits per heavy atom. The molecule has 1 atom stereocenters. The van der Waals surface area contributed by atoms with Gasteiger partial charge in [-0.05, 0) is 38.3 Å². The standard InChI is InChI=1S/C14H24N4O/c1-11-5-4-7-18(10-11)8-6-15-14(19)13-9-12(2)17(3)16-13/h9,11H,4-8,10H2,1-3H3,(H,15,19)/t11-/m0/s1. The molecule has 0 aromatic carbocycles. The van der Waals surface area contributed by atoms with Crippen molar-refractivity contribution >= 4 is 5.91 Å². The number of likely N-dealkylation sites (tertiary alicyclic amines) is 1. The Hall–Kier alpha value is -1.36. The van der Waals surface area contributed by atoms with E-state index in [1.807, 2.05) is 20.0 Å². The zero-order valence-electron chi connectivity index (χ0n) is 12.1. The van der Waals surface area contributed by atoms with Crippen LogP contribution in [0.25, 0.3) is 0 Å². The van der Waals surface area contributed by atoms with Gasteiger partial charge in [0, 0.05) is 32.4 Å². The second-order valence-corrected chi connectivity index (χ2v) is 5.60. The molecule has 2 heterocycles. The van der Waals surface area contributed by atoms with Gasteiger partial charge in [-0.1, -0.05) is 6.92 Å². The first kappa shape index (κ1) is 14.1. The Morgan fingerprint density at radius 2 is 2.37 bits per heavy atom. The summed E-state index contributed by atoms with van der Waals surface area (Å²) >= 11 is 0. The minimum atomic E-state index is -0.0752. The lowest BCUT2D eigenvalue weighted by Crippen LogP contribution is -2.40. The monoisotopic (exact) mass is 264 g/mol. The summed E-state index contributed by atoms with van der Waals surface area (Å²) in [6, 6.07) is 1.82. The largest absolute Gasteiger partial charge is 0.349 e. The summed E-state index contributed by atoms with van der Waals surface area (Å²) in [6.45, 7) is 8.17. The van der Waals surface area contributed by atoms with Crippen molar-refractivity contribution in [2.45, 2.75) is 26.7 Å². The summed E-state index contributed by atoms with van der Waals surface area (Å²) in [5.41, 5.74) is 1.50. The summed E-state index contributed by atoms with van der Waals surface area (Å²) in [6.07, 6.45) is 2.60. The first-order valence-electron chi connectivity index (χ1n) is 7.07. The quantitative estimate of drug-likeness (QED) is 0.888. The molecule has 1 fully saturated rings. The fourth-order valence-corrected chi connectivity index (χ4v) is 2.58. The third-order valence-electron chi connectivity index (χ3n) is 3.80. The van der Waals surface area contributed by atoms with Crippen LogP contribution < -0.4 is 5.32 Å². The van der Waals surface area contributed by atoms with Crippen LogP contribution >= 0.6 is 0 Å². The first-order valence-corrected chi connectivity index (χ1v) is 7.07. The van der Waals surface area contributed by atoms with Crippen molar-refractivity contribution in [3.05, 3.63) is 17.5 Å². The summed E-state index contributed by atoms with van der Waals surface area (Å²) in [7, 11) is 1.85. The summed E-state index contributed by atoms with van der Waals surface area (Å²) in [4.78, 5) is 14.3. The number of hydrogen-bond donors (Lipinski definition) is 1. The van der Waals surface area contributed by atoms with Gasteiger partial charge in [-0.25, -0.2) is 0 Å². The smallest absolute Gasteiger partial charge is 0.271 e. The second-order valence-electron chi connectivity index (χ2n) is 5.60. The lowest BCUT2D eigenvalue weighted by Gasteiger charge is -2.30. The maximum atomic E-state index is 11.9. The lowest BCUT2D eigenvalue weighted by atomic mass is 10.0. The van der Waals surface area contributed by atoms with Crippen LogP contribution in [0.2, 0.25) is 0 Å². The summed E-state index contributed by atoms with van der Waals surface area (Å²) < 4.78 is 1.72. The molecule has 19 heavy (non-hydrogen) atoms. The molecule has 0 radical (unpaired) electrons. The maximum absolute atomic E-state index is 11.9. The number of carbonyl (C=O) groups is 1. The summed E-state index contributed by atoms with van der Waals surface area (Å²) in [5, 5.41) is 7.12. The Morgan fingerprint density at radius 1 is 1.58 bits per heavy atom. The van der Waals surface area contributed by atoms with Crippen LogP contribution in [0.15, 0.2) is 6.07 Å². The zero-order chi connectivity index (χ0) is 13.8. The number of hydrogen-bond acceptors (Lipinski definition) is 3. The summed E-state index contributed by atoms with van der Waals surface area (Å²) in [5.74, 6) is 0.705. The van der Waals surface area contributed by atoms with Crippen molar-refractivity contribution in [1.29, 1.82) is 0 Å². The highest BCUT2D eigenvalue weighted by Crippen LogP contribution is 2.14. The minimum absolute atomic E-state index is 0.0752. The van der Waals surface area contributed by atoms with Crippen molar-refractivity contribution in [1.82, 2.24) is 20.0 Å². The number of carbonyl (C=O) groups excluding carboxylic acids is 1. The van der Waals surface area contributed by atoms with E-state index in [1.54, 1.807) is 4.68 Å². The number of nitrogens with zero attached hydrogens (tertiary/aromatic N) is 3. The molecule has 0 aliphatic carbocycles. The van der Waals surface area contributed by atoms with Gasteiger partial charge in [0.25, 0.3) is 5.91 Å². The van der Waals surface area contributed by atoms with Crippen LogP contribution in [0.3, 0.4) is 0 Å². The van der Waals surface area contributed by atoms with Crippen LogP contribution in [-0.4, -0.2) is 46.8 Å². The number of aromatic nitrogens is 2. The lowest BCUT2D eigenvalue weighted by molar-refractivity contribution is 0.0938. The molecule has 1 saturated heterocycles. The van der Waals surface area contributed by atoms with Crippen molar-refractivity contribution in [3.8, 4) is 0 Å². The predicted octanol–water partition coefficient (Wildman–Crippen LogP) is 1.19. The van der Waals surface area contributed by atoms with Gasteiger partial charge >= 0.3 is 0 Å². The highest BCUT2D eigenvalue weighted by Gasteiger charge is 2.16. The van der Waals surface area contributed by atoms with Crippen molar-refractivity contribution in [3.63, 3.8) is 0 Å². The van der Waals surface area contributed by atoms with E-state index in [9.17, 15) is 4.79 Å². The number of rotatable bonds is 4. The molecule has 1 aromatic rings. The van der Waals surface area contributed by atoms with E-state index in [0.717, 1.165) is 31.2 Å². The molecule has 1 aliphatic rings. The van der Waals surface area contributed by atoms with Crippen molar-refractivity contribution in [2.75, 3.05) is 26.2 Å². The van der Waals surface area contributed by atoms with E-state index in [1.165, 1.54) is 12.8 Å². The third kappa shape index (κ3) is 3.80. The first-order chi connectivity index (χ1) is 9.06. The van der Waals surface area contributed by atoms with E-state index in [2.05, 4.69) is 22.2 Å². The molecule has 1 N–H and O–H groups in total. The Balaban J connectivity index is 1.74. The molecule has 5 heteroatoms. The predicted molar refractivity (Wildman–Crippen MR) is 75.1 cm³/mol. The Bertz CT molecular complexity index is 421. The average Bonchev–Trinajstić information content (AvgIpc) is 2.70. The Labute approximate surface area is 115 Å². The van der Waals surface area contributed by atoms with Crippen LogP contribution in [0.1, 0.15) is 35.9 Å². The molecule has 1 aliphatic heterocycles. The van der Waals surface area contributed by atoms with Crippen LogP contribution in [0, 0.1) is 12.8 Å². The average molecular weight is 264 g/mol. The van der Waals surface area contributed by atoms with Gasteiger partial charge in [0.2, 0.25) is 0 Å². The molecule has 0 unspecified atom stereocenters. The van der Waals surface area contributed by atoms with Gasteiger partial charge in [-0.2, -0.15) is 5.10 Å². The zero-order valence-corrected chi connectivity index (χ0v) is 12.1. The topological polar surface area (TPSA) is 50.2 Å². The number of nitrogens with one attached hydrogen (secondary N) is 1. The number of amides is 1. The van der Waals surface area contributed by atoms with E-state index in [0.29, 0.717) is 12.2 Å². The van der Waals surface area contributed by atoms with Crippen LogP contribution in [-0.2, 0) is 7.05 Å². The van der Waals surface area contributed by atoms with Crippen molar-refractivity contribution in [2.24, 2.45) is 13.0 Å². The van der Waals surface area contributed by atoms with E-state index >= 15 is 0 Å². The van der Waals surface area contributed by atoms with E-state index in [-0.39, 0.29) is 5.91 Å². The number of piperidine rings is 1. The molecule has 2 rings (SSSR count). The van der Waals surface area contributed by atoms with E-state index < -0.39 is 0 Å². The molecule has 5 nitrogen and oxygen atoms in total. The molecular formula is C14H24N4O. The van der Waals surface area contributed by atoms with Gasteiger partial charge in [0.1, 0.15) is 5.69 Å². The molecule has 0 bridgehead atoms. The molecule has 0 saturated carbocycles. The van der Waals surface area contributed by atoms with Gasteiger partial charge < -0.3 is 10.2 Å². The minimum Gasteiger partial charge on any atom is -0.349 e. The van der Waals surface area contributed by atoms with Gasteiger partial charge in [0.05, 0.1) is 0 Å². The SMILES string of the molecule is Cc1cc(C(=O)NCCN2CCC[C@H](C)C2)nn1C. The van der Waals surface area contributed by atoms with Gasteiger partial charge in [0.15, 0.2) is 0 Å². The Kier molecular flexibility index (Phi) is 4.58. The molecule has 1 aromatic heterocycles. The third-order valence-corrected chi connectivity index (χ3v) is 3.80. The second kappa shape index (κ2) is 6.19. The molecule has 0 spiro atoms. The van der Waals surface area contributed by atoms with Gasteiger partial charge in [-0.3, -0.25) is 9.48 Å². The highest BCUT2D eigenvalue weighted by atomic mass is 16.1. The molecular weight excluding hydrogens is 240 g/mol. The molecule has 106 valence electrons. The van der Waals surface area contributed by atoms with Crippen LogP contribution in [0.5, 0.6) is 0 Å². The fraction of sp³-hybridized carbons (Fsp3) is 0.714. The van der Waals surface area contributed by atoms with E-state index in [4.69, 9.17) is 0 Å². The maximum Gasteiger partial charge on any atom is 0.271 e. The highest BCUT2D eigenvalue weighted by molar-refractivity contribution is 5.92. The fourth-order valence-electron chi connectivity index (χ4n) is 2.58. The van der Waals surface area contributed by atoms with Crippen molar-refractivity contribution < 1.29 is 4.79 Å². The van der Waals surface area contributed by atoms with Gasteiger partial charge in [-0.15, -0.1) is 0 Å². The number of aryl methyl sites for hydroxylation is 2. The normalized spacial score (nSPS) is 20.5.